The number of hydrogen-bond acceptors (Lipinski definition) is 3. The summed E-state index contributed by atoms with van der Waals surface area (Å²) in [5, 5.41) is 2.71. The van der Waals surface area contributed by atoms with Crippen molar-refractivity contribution in [3.8, 4) is 0 Å². The number of carbonyl (C=O) groups is 2. The van der Waals surface area contributed by atoms with Gasteiger partial charge in [0.15, 0.2) is 0 Å². The van der Waals surface area contributed by atoms with Gasteiger partial charge in [0.25, 0.3) is 5.91 Å². The van der Waals surface area contributed by atoms with Crippen molar-refractivity contribution in [3.05, 3.63) is 53.2 Å². The average Bonchev–Trinajstić information content (AvgIpc) is 3.03. The predicted octanol–water partition coefficient (Wildman–Crippen LogP) is 2.57. The van der Waals surface area contributed by atoms with Crippen LogP contribution in [-0.4, -0.2) is 24.4 Å². The predicted molar refractivity (Wildman–Crippen MR) is 82.8 cm³/mol. The van der Waals surface area contributed by atoms with Gasteiger partial charge in [0.1, 0.15) is 23.4 Å². The molecule has 2 aromatic rings. The number of amides is 2. The summed E-state index contributed by atoms with van der Waals surface area (Å²) in [6.45, 7) is 3.82. The number of aryl methyl sites for hydroxylation is 2. The number of nitrogens with zero attached hydrogens (tertiary/aromatic N) is 1. The molecular weight excluding hydrogens is 299 g/mol. The first kappa shape index (κ1) is 15.3. The van der Waals surface area contributed by atoms with Crippen molar-refractivity contribution in [1.29, 1.82) is 0 Å². The number of rotatable bonds is 3. The Morgan fingerprint density at radius 3 is 2.74 bits per heavy atom. The molecule has 1 N–H and O–H groups in total. The Labute approximate surface area is 133 Å². The third kappa shape index (κ3) is 2.84. The van der Waals surface area contributed by atoms with Crippen LogP contribution in [-0.2, 0) is 4.79 Å². The van der Waals surface area contributed by atoms with E-state index in [1.54, 1.807) is 38.1 Å². The fourth-order valence-electron chi connectivity index (χ4n) is 2.82. The lowest BCUT2D eigenvalue weighted by Crippen LogP contribution is -2.41. The normalized spacial score (nSPS) is 17.6. The first-order chi connectivity index (χ1) is 11.0. The molecule has 0 spiro atoms. The van der Waals surface area contributed by atoms with Crippen molar-refractivity contribution in [2.24, 2.45) is 0 Å². The molecule has 2 amide bonds. The molecule has 0 bridgehead atoms. The first-order valence-electron chi connectivity index (χ1n) is 7.41. The van der Waals surface area contributed by atoms with Crippen molar-refractivity contribution < 1.29 is 18.4 Å². The Kier molecular flexibility index (Phi) is 3.90. The number of para-hydroxylation sites is 1. The summed E-state index contributed by atoms with van der Waals surface area (Å²) in [6, 6.07) is 7.10. The maximum atomic E-state index is 13.8. The van der Waals surface area contributed by atoms with Gasteiger partial charge in [-0.05, 0) is 38.5 Å². The Morgan fingerprint density at radius 2 is 2.09 bits per heavy atom. The van der Waals surface area contributed by atoms with E-state index in [0.717, 1.165) is 0 Å². The Morgan fingerprint density at radius 1 is 1.35 bits per heavy atom. The van der Waals surface area contributed by atoms with Crippen molar-refractivity contribution in [2.45, 2.75) is 26.3 Å². The quantitative estimate of drug-likeness (QED) is 0.946. The fraction of sp³-hybridized carbons (Fsp3) is 0.294. The van der Waals surface area contributed by atoms with Gasteiger partial charge in [-0.1, -0.05) is 12.1 Å². The van der Waals surface area contributed by atoms with Crippen molar-refractivity contribution in [1.82, 2.24) is 5.32 Å². The maximum Gasteiger partial charge on any atom is 0.255 e. The molecule has 120 valence electrons. The Bertz CT molecular complexity index is 769. The van der Waals surface area contributed by atoms with Crippen LogP contribution in [0.5, 0.6) is 0 Å². The molecule has 1 aliphatic heterocycles. The molecule has 1 aromatic carbocycles. The number of halogens is 1. The molecule has 1 unspecified atom stereocenters. The lowest BCUT2D eigenvalue weighted by atomic mass is 10.2. The molecule has 6 heteroatoms. The highest BCUT2D eigenvalue weighted by molar-refractivity contribution is 6.04. The zero-order valence-electron chi connectivity index (χ0n) is 12.9. The molecule has 1 aromatic heterocycles. The van der Waals surface area contributed by atoms with Crippen LogP contribution >= 0.6 is 0 Å². The van der Waals surface area contributed by atoms with E-state index in [9.17, 15) is 14.0 Å². The van der Waals surface area contributed by atoms with Crippen molar-refractivity contribution in [3.63, 3.8) is 0 Å². The fourth-order valence-corrected chi connectivity index (χ4v) is 2.82. The van der Waals surface area contributed by atoms with Gasteiger partial charge in [-0.25, -0.2) is 4.39 Å². The maximum absolute atomic E-state index is 13.8. The first-order valence-corrected chi connectivity index (χ1v) is 7.41. The number of hydrogen-bond donors (Lipinski definition) is 1. The minimum absolute atomic E-state index is 0.240. The SMILES string of the molecule is Cc1cc(C(=O)NC2CCN(c3ccccc3F)C2=O)c(C)o1. The minimum atomic E-state index is -0.656. The molecule has 1 atom stereocenters. The van der Waals surface area contributed by atoms with Gasteiger partial charge in [0.2, 0.25) is 5.91 Å². The molecule has 0 aliphatic carbocycles. The van der Waals surface area contributed by atoms with E-state index in [4.69, 9.17) is 4.42 Å². The van der Waals surface area contributed by atoms with Crippen LogP contribution < -0.4 is 10.2 Å². The third-order valence-electron chi connectivity index (χ3n) is 3.94. The number of benzene rings is 1. The summed E-state index contributed by atoms with van der Waals surface area (Å²) in [6.07, 6.45) is 0.439. The molecule has 0 radical (unpaired) electrons. The summed E-state index contributed by atoms with van der Waals surface area (Å²) in [5.41, 5.74) is 0.657. The zero-order valence-corrected chi connectivity index (χ0v) is 12.9. The highest BCUT2D eigenvalue weighted by Crippen LogP contribution is 2.24. The standard InChI is InChI=1S/C17H17FN2O3/c1-10-9-12(11(2)23-10)16(21)19-14-7-8-20(17(14)22)15-6-4-3-5-13(15)18/h3-6,9,14H,7-8H2,1-2H3,(H,19,21). The van der Waals surface area contributed by atoms with E-state index in [1.807, 2.05) is 0 Å². The van der Waals surface area contributed by atoms with E-state index in [0.29, 0.717) is 30.0 Å². The minimum Gasteiger partial charge on any atom is -0.466 e. The lowest BCUT2D eigenvalue weighted by Gasteiger charge is -2.17. The summed E-state index contributed by atoms with van der Waals surface area (Å²) in [4.78, 5) is 26.1. The van der Waals surface area contributed by atoms with E-state index in [1.165, 1.54) is 11.0 Å². The number of carbonyl (C=O) groups excluding carboxylic acids is 2. The molecule has 3 rings (SSSR count). The summed E-state index contributed by atoms with van der Waals surface area (Å²) in [5.74, 6) is 0.0401. The molecule has 1 fully saturated rings. The van der Waals surface area contributed by atoms with E-state index < -0.39 is 11.9 Å². The summed E-state index contributed by atoms with van der Waals surface area (Å²) >= 11 is 0. The molecule has 2 heterocycles. The molecule has 0 saturated carbocycles. The summed E-state index contributed by atoms with van der Waals surface area (Å²) in [7, 11) is 0. The van der Waals surface area contributed by atoms with Crippen molar-refractivity contribution >= 4 is 17.5 Å². The molecule has 23 heavy (non-hydrogen) atoms. The topological polar surface area (TPSA) is 62.6 Å². The van der Waals surface area contributed by atoms with Gasteiger partial charge in [-0.15, -0.1) is 0 Å². The van der Waals surface area contributed by atoms with E-state index >= 15 is 0 Å². The van der Waals surface area contributed by atoms with Crippen LogP contribution in [0.3, 0.4) is 0 Å². The Balaban J connectivity index is 1.74. The van der Waals surface area contributed by atoms with Gasteiger partial charge < -0.3 is 14.6 Å². The lowest BCUT2D eigenvalue weighted by molar-refractivity contribution is -0.118. The molecule has 5 nitrogen and oxygen atoms in total. The molecular formula is C17H17FN2O3. The van der Waals surface area contributed by atoms with Crippen LogP contribution in [0, 0.1) is 19.7 Å². The van der Waals surface area contributed by atoms with Crippen LogP contribution in [0.1, 0.15) is 28.3 Å². The van der Waals surface area contributed by atoms with Gasteiger partial charge >= 0.3 is 0 Å². The highest BCUT2D eigenvalue weighted by atomic mass is 19.1. The smallest absolute Gasteiger partial charge is 0.255 e. The highest BCUT2D eigenvalue weighted by Gasteiger charge is 2.35. The third-order valence-corrected chi connectivity index (χ3v) is 3.94. The van der Waals surface area contributed by atoms with Gasteiger partial charge in [0.05, 0.1) is 11.3 Å². The summed E-state index contributed by atoms with van der Waals surface area (Å²) < 4.78 is 19.2. The monoisotopic (exact) mass is 316 g/mol. The van der Waals surface area contributed by atoms with Crippen LogP contribution in [0.2, 0.25) is 0 Å². The second-order valence-electron chi connectivity index (χ2n) is 5.58. The second-order valence-corrected chi connectivity index (χ2v) is 5.58. The van der Waals surface area contributed by atoms with Gasteiger partial charge in [0, 0.05) is 6.54 Å². The van der Waals surface area contributed by atoms with Gasteiger partial charge in [-0.3, -0.25) is 9.59 Å². The molecule has 1 saturated heterocycles. The number of nitrogens with one attached hydrogen (secondary N) is 1. The van der Waals surface area contributed by atoms with E-state index in [-0.39, 0.29) is 17.5 Å². The largest absolute Gasteiger partial charge is 0.466 e. The van der Waals surface area contributed by atoms with Gasteiger partial charge in [-0.2, -0.15) is 0 Å². The van der Waals surface area contributed by atoms with Crippen LogP contribution in [0.4, 0.5) is 10.1 Å². The van der Waals surface area contributed by atoms with E-state index in [2.05, 4.69) is 5.32 Å². The zero-order chi connectivity index (χ0) is 16.6. The average molecular weight is 316 g/mol. The number of anilines is 1. The Hall–Kier alpha value is -2.63. The van der Waals surface area contributed by atoms with Crippen LogP contribution in [0.15, 0.2) is 34.7 Å². The molecule has 1 aliphatic rings. The van der Waals surface area contributed by atoms with Crippen molar-refractivity contribution in [2.75, 3.05) is 11.4 Å². The van der Waals surface area contributed by atoms with Crippen LogP contribution in [0.25, 0.3) is 0 Å². The second kappa shape index (κ2) is 5.87. The number of furan rings is 1.